The molecule has 0 atom stereocenters. The average Bonchev–Trinajstić information content (AvgIpc) is 2.55. The largest absolute Gasteiger partial charge is 0.444 e. The van der Waals surface area contributed by atoms with E-state index < -0.39 is 13.9 Å². The lowest BCUT2D eigenvalue weighted by Crippen LogP contribution is -2.42. The first-order valence-electron chi connectivity index (χ1n) is 11.0. The van der Waals surface area contributed by atoms with Crippen molar-refractivity contribution in [2.75, 3.05) is 20.2 Å². The lowest BCUT2D eigenvalue weighted by atomic mass is 9.82. The van der Waals surface area contributed by atoms with Crippen LogP contribution in [0.2, 0.25) is 18.1 Å². The second-order valence-electron chi connectivity index (χ2n) is 11.0. The van der Waals surface area contributed by atoms with Crippen LogP contribution in [0.5, 0.6) is 0 Å². The Morgan fingerprint density at radius 2 is 1.64 bits per heavy atom. The van der Waals surface area contributed by atoms with Crippen molar-refractivity contribution >= 4 is 14.4 Å². The summed E-state index contributed by atoms with van der Waals surface area (Å²) >= 11 is 0. The van der Waals surface area contributed by atoms with Gasteiger partial charge in [-0.05, 0) is 82.8 Å². The third-order valence-electron chi connectivity index (χ3n) is 6.12. The lowest BCUT2D eigenvalue weighted by molar-refractivity contribution is 0.0301. The molecule has 0 radical (unpaired) electrons. The van der Waals surface area contributed by atoms with Crippen LogP contribution in [0.15, 0.2) is 12.2 Å². The summed E-state index contributed by atoms with van der Waals surface area (Å²) in [5.41, 5.74) is -0.436. The number of amides is 1. The van der Waals surface area contributed by atoms with Gasteiger partial charge in [-0.25, -0.2) is 4.79 Å². The van der Waals surface area contributed by atoms with Crippen LogP contribution < -0.4 is 0 Å². The van der Waals surface area contributed by atoms with Crippen molar-refractivity contribution in [2.45, 2.75) is 97.4 Å². The van der Waals surface area contributed by atoms with Crippen LogP contribution in [-0.2, 0) is 9.16 Å². The molecule has 0 aromatic heterocycles. The molecule has 1 amide bonds. The van der Waals surface area contributed by atoms with Crippen molar-refractivity contribution in [3.63, 3.8) is 0 Å². The summed E-state index contributed by atoms with van der Waals surface area (Å²) in [6.07, 6.45) is 10.3. The standard InChI is InChI=1S/C23H45NO3Si/c1-22(2,3)27-21(25)24(7)17-11-10-12-19-13-15-20(16-14-19)18-26-28(8,9)23(4,5)6/h10,12,19-20H,11,13-18H2,1-9H3. The fourth-order valence-corrected chi connectivity index (χ4v) is 4.16. The van der Waals surface area contributed by atoms with Gasteiger partial charge < -0.3 is 14.1 Å². The normalized spacial score (nSPS) is 21.8. The first kappa shape index (κ1) is 25.2. The van der Waals surface area contributed by atoms with Crippen molar-refractivity contribution < 1.29 is 14.0 Å². The van der Waals surface area contributed by atoms with Crippen LogP contribution in [0.3, 0.4) is 0 Å². The van der Waals surface area contributed by atoms with E-state index in [1.54, 1.807) is 11.9 Å². The number of hydrogen-bond acceptors (Lipinski definition) is 3. The molecule has 1 fully saturated rings. The molecule has 0 spiro atoms. The number of rotatable bonds is 7. The Bertz CT molecular complexity index is 509. The highest BCUT2D eigenvalue weighted by molar-refractivity contribution is 6.74. The number of hydrogen-bond donors (Lipinski definition) is 0. The van der Waals surface area contributed by atoms with E-state index in [0.717, 1.165) is 18.9 Å². The molecular weight excluding hydrogens is 366 g/mol. The van der Waals surface area contributed by atoms with Gasteiger partial charge in [-0.15, -0.1) is 0 Å². The number of ether oxygens (including phenoxy) is 1. The predicted octanol–water partition coefficient (Wildman–Crippen LogP) is 6.63. The Balaban J connectivity index is 2.27. The maximum Gasteiger partial charge on any atom is 0.410 e. The van der Waals surface area contributed by atoms with E-state index in [0.29, 0.717) is 17.5 Å². The smallest absolute Gasteiger partial charge is 0.410 e. The van der Waals surface area contributed by atoms with E-state index in [4.69, 9.17) is 9.16 Å². The highest BCUT2D eigenvalue weighted by Crippen LogP contribution is 2.38. The Labute approximate surface area is 175 Å². The van der Waals surface area contributed by atoms with Crippen LogP contribution >= 0.6 is 0 Å². The van der Waals surface area contributed by atoms with Gasteiger partial charge in [0.1, 0.15) is 5.60 Å². The SMILES string of the molecule is CN(CCC=CC1CCC(CO[Si](C)(C)C(C)(C)C)CC1)C(=O)OC(C)(C)C. The number of carbonyl (C=O) groups excluding carboxylic acids is 1. The lowest BCUT2D eigenvalue weighted by Gasteiger charge is -2.38. The van der Waals surface area contributed by atoms with Gasteiger partial charge in [0, 0.05) is 20.2 Å². The summed E-state index contributed by atoms with van der Waals surface area (Å²) in [4.78, 5) is 13.6. The fraction of sp³-hybridized carbons (Fsp3) is 0.870. The molecule has 0 saturated heterocycles. The van der Waals surface area contributed by atoms with Crippen molar-refractivity contribution in [1.82, 2.24) is 4.90 Å². The van der Waals surface area contributed by atoms with Gasteiger partial charge in [-0.2, -0.15) is 0 Å². The van der Waals surface area contributed by atoms with E-state index in [1.807, 2.05) is 20.8 Å². The van der Waals surface area contributed by atoms with Crippen molar-refractivity contribution in [3.8, 4) is 0 Å². The molecule has 4 nitrogen and oxygen atoms in total. The quantitative estimate of drug-likeness (QED) is 0.349. The zero-order valence-electron chi connectivity index (χ0n) is 19.9. The monoisotopic (exact) mass is 411 g/mol. The van der Waals surface area contributed by atoms with Gasteiger partial charge in [0.15, 0.2) is 8.32 Å². The van der Waals surface area contributed by atoms with Gasteiger partial charge in [-0.3, -0.25) is 0 Å². The molecule has 28 heavy (non-hydrogen) atoms. The average molecular weight is 412 g/mol. The van der Waals surface area contributed by atoms with Crippen LogP contribution in [0.4, 0.5) is 4.79 Å². The Hall–Kier alpha value is -0.813. The molecule has 164 valence electrons. The Morgan fingerprint density at radius 1 is 1.07 bits per heavy atom. The summed E-state index contributed by atoms with van der Waals surface area (Å²) in [5.74, 6) is 1.40. The van der Waals surface area contributed by atoms with Gasteiger partial charge in [0.05, 0.1) is 0 Å². The minimum atomic E-state index is -1.62. The van der Waals surface area contributed by atoms with Crippen LogP contribution in [0.25, 0.3) is 0 Å². The second-order valence-corrected chi connectivity index (χ2v) is 15.8. The third-order valence-corrected chi connectivity index (χ3v) is 10.6. The highest BCUT2D eigenvalue weighted by Gasteiger charge is 2.37. The van der Waals surface area contributed by atoms with Gasteiger partial charge in [0.25, 0.3) is 0 Å². The Kier molecular flexibility index (Phi) is 9.27. The molecule has 1 aliphatic carbocycles. The molecule has 0 aromatic rings. The van der Waals surface area contributed by atoms with Crippen molar-refractivity contribution in [1.29, 1.82) is 0 Å². The van der Waals surface area contributed by atoms with Gasteiger partial charge in [0.2, 0.25) is 0 Å². The van der Waals surface area contributed by atoms with E-state index >= 15 is 0 Å². The number of allylic oxidation sites excluding steroid dienone is 1. The molecule has 0 heterocycles. The zero-order chi connectivity index (χ0) is 21.6. The molecule has 0 bridgehead atoms. The first-order chi connectivity index (χ1) is 12.7. The first-order valence-corrected chi connectivity index (χ1v) is 13.9. The third kappa shape index (κ3) is 9.12. The molecule has 0 aromatic carbocycles. The zero-order valence-corrected chi connectivity index (χ0v) is 20.9. The Morgan fingerprint density at radius 3 is 2.14 bits per heavy atom. The van der Waals surface area contributed by atoms with Gasteiger partial charge in [-0.1, -0.05) is 32.9 Å². The molecular formula is C23H45NO3Si. The van der Waals surface area contributed by atoms with E-state index in [2.05, 4.69) is 46.0 Å². The van der Waals surface area contributed by atoms with Crippen LogP contribution in [-0.4, -0.2) is 45.1 Å². The van der Waals surface area contributed by atoms with Crippen molar-refractivity contribution in [2.24, 2.45) is 11.8 Å². The minimum absolute atomic E-state index is 0.247. The van der Waals surface area contributed by atoms with Crippen LogP contribution in [0, 0.1) is 11.8 Å². The molecule has 5 heteroatoms. The maximum absolute atomic E-state index is 12.0. The van der Waals surface area contributed by atoms with Gasteiger partial charge >= 0.3 is 6.09 Å². The second kappa shape index (κ2) is 10.3. The molecule has 1 saturated carbocycles. The molecule has 0 aliphatic heterocycles. The number of nitrogens with zero attached hydrogens (tertiary/aromatic N) is 1. The number of carbonyl (C=O) groups is 1. The highest BCUT2D eigenvalue weighted by atomic mass is 28.4. The van der Waals surface area contributed by atoms with E-state index in [1.165, 1.54) is 25.7 Å². The minimum Gasteiger partial charge on any atom is -0.444 e. The summed E-state index contributed by atoms with van der Waals surface area (Å²) < 4.78 is 11.8. The van der Waals surface area contributed by atoms with Crippen LogP contribution in [0.1, 0.15) is 73.6 Å². The van der Waals surface area contributed by atoms with E-state index in [9.17, 15) is 4.79 Å². The summed E-state index contributed by atoms with van der Waals surface area (Å²) in [7, 11) is 0.178. The molecule has 1 aliphatic rings. The molecule has 0 N–H and O–H groups in total. The summed E-state index contributed by atoms with van der Waals surface area (Å²) in [5, 5.41) is 0.291. The topological polar surface area (TPSA) is 38.8 Å². The van der Waals surface area contributed by atoms with E-state index in [-0.39, 0.29) is 6.09 Å². The summed E-state index contributed by atoms with van der Waals surface area (Å²) in [6, 6.07) is 0. The van der Waals surface area contributed by atoms with Crippen molar-refractivity contribution in [3.05, 3.63) is 12.2 Å². The molecule has 1 rings (SSSR count). The fourth-order valence-electron chi connectivity index (χ4n) is 3.08. The summed E-state index contributed by atoms with van der Waals surface area (Å²) in [6.45, 7) is 18.9. The predicted molar refractivity (Wildman–Crippen MR) is 121 cm³/mol. The maximum atomic E-state index is 12.0. The molecule has 0 unspecified atom stereocenters.